The lowest BCUT2D eigenvalue weighted by molar-refractivity contribution is 0.409. The summed E-state index contributed by atoms with van der Waals surface area (Å²) in [4.78, 5) is 6.47. The van der Waals surface area contributed by atoms with Crippen LogP contribution in [0.5, 0.6) is 11.5 Å². The minimum atomic E-state index is 0.776. The predicted molar refractivity (Wildman–Crippen MR) is 103 cm³/mol. The van der Waals surface area contributed by atoms with E-state index in [9.17, 15) is 0 Å². The summed E-state index contributed by atoms with van der Waals surface area (Å²) in [7, 11) is 7.21. The molecule has 0 aromatic heterocycles. The normalized spacial score (nSPS) is 11.1. The van der Waals surface area contributed by atoms with Crippen molar-refractivity contribution in [3.63, 3.8) is 0 Å². The molecule has 0 amide bonds. The van der Waals surface area contributed by atoms with Crippen molar-refractivity contribution in [1.29, 1.82) is 0 Å². The maximum absolute atomic E-state index is 5.40. The molecule has 2 aromatic carbocycles. The standard InChI is InChI=1S/C20H27N3O2/c1-21-20(22-14-13-17-7-5-6-8-19(17)25-4)23(2)15-16-9-11-18(24-3)12-10-16/h5-12H,13-15H2,1-4H3,(H,21,22). The molecule has 0 radical (unpaired) electrons. The summed E-state index contributed by atoms with van der Waals surface area (Å²) in [5.41, 5.74) is 2.39. The minimum absolute atomic E-state index is 0.776. The fourth-order valence-corrected chi connectivity index (χ4v) is 2.68. The van der Waals surface area contributed by atoms with E-state index in [1.54, 1.807) is 21.3 Å². The Morgan fingerprint density at radius 2 is 1.76 bits per heavy atom. The first-order valence-corrected chi connectivity index (χ1v) is 8.34. The number of hydrogen-bond acceptors (Lipinski definition) is 3. The van der Waals surface area contributed by atoms with Gasteiger partial charge in [-0.3, -0.25) is 4.99 Å². The van der Waals surface area contributed by atoms with Crippen LogP contribution in [-0.4, -0.2) is 45.7 Å². The van der Waals surface area contributed by atoms with Crippen LogP contribution in [0, 0.1) is 0 Å². The van der Waals surface area contributed by atoms with Gasteiger partial charge in [0.2, 0.25) is 0 Å². The average Bonchev–Trinajstić information content (AvgIpc) is 2.66. The number of aliphatic imine (C=N–C) groups is 1. The van der Waals surface area contributed by atoms with E-state index in [1.165, 1.54) is 11.1 Å². The molecule has 25 heavy (non-hydrogen) atoms. The molecule has 0 aliphatic heterocycles. The average molecular weight is 341 g/mol. The first kappa shape index (κ1) is 18.6. The van der Waals surface area contributed by atoms with Crippen LogP contribution >= 0.6 is 0 Å². The van der Waals surface area contributed by atoms with Crippen molar-refractivity contribution in [2.75, 3.05) is 34.9 Å². The molecule has 134 valence electrons. The summed E-state index contributed by atoms with van der Waals surface area (Å²) in [5.74, 6) is 2.65. The van der Waals surface area contributed by atoms with E-state index in [-0.39, 0.29) is 0 Å². The molecule has 0 spiro atoms. The van der Waals surface area contributed by atoms with Gasteiger partial charge < -0.3 is 19.7 Å². The Bertz CT molecular complexity index is 684. The van der Waals surface area contributed by atoms with E-state index >= 15 is 0 Å². The smallest absolute Gasteiger partial charge is 0.193 e. The largest absolute Gasteiger partial charge is 0.497 e. The number of benzene rings is 2. The minimum Gasteiger partial charge on any atom is -0.497 e. The van der Waals surface area contributed by atoms with Gasteiger partial charge in [0, 0.05) is 27.2 Å². The number of methoxy groups -OCH3 is 2. The number of ether oxygens (including phenoxy) is 2. The van der Waals surface area contributed by atoms with Gasteiger partial charge in [0.15, 0.2) is 5.96 Å². The molecule has 0 aliphatic rings. The molecular weight excluding hydrogens is 314 g/mol. The quantitative estimate of drug-likeness (QED) is 0.621. The maximum atomic E-state index is 5.40. The Kier molecular flexibility index (Phi) is 7.14. The fraction of sp³-hybridized carbons (Fsp3) is 0.350. The van der Waals surface area contributed by atoms with Crippen molar-refractivity contribution >= 4 is 5.96 Å². The maximum Gasteiger partial charge on any atom is 0.193 e. The van der Waals surface area contributed by atoms with Crippen LogP contribution in [0.1, 0.15) is 11.1 Å². The molecule has 0 bridgehead atoms. The summed E-state index contributed by atoms with van der Waals surface area (Å²) in [6.07, 6.45) is 0.874. The van der Waals surface area contributed by atoms with Crippen molar-refractivity contribution in [3.8, 4) is 11.5 Å². The van der Waals surface area contributed by atoms with E-state index in [0.717, 1.165) is 37.0 Å². The number of guanidine groups is 1. The Labute approximate surface area is 150 Å². The molecule has 0 fully saturated rings. The van der Waals surface area contributed by atoms with Gasteiger partial charge >= 0.3 is 0 Å². The van der Waals surface area contributed by atoms with Crippen molar-refractivity contribution in [1.82, 2.24) is 10.2 Å². The van der Waals surface area contributed by atoms with Crippen LogP contribution in [0.4, 0.5) is 0 Å². The number of para-hydroxylation sites is 1. The molecular formula is C20H27N3O2. The van der Waals surface area contributed by atoms with E-state index in [2.05, 4.69) is 33.4 Å². The first-order valence-electron chi connectivity index (χ1n) is 8.34. The van der Waals surface area contributed by atoms with Crippen molar-refractivity contribution in [3.05, 3.63) is 59.7 Å². The van der Waals surface area contributed by atoms with E-state index < -0.39 is 0 Å². The van der Waals surface area contributed by atoms with Crippen LogP contribution in [-0.2, 0) is 13.0 Å². The van der Waals surface area contributed by atoms with Crippen LogP contribution in [0.15, 0.2) is 53.5 Å². The summed E-state index contributed by atoms with van der Waals surface area (Å²) >= 11 is 0. The van der Waals surface area contributed by atoms with Crippen LogP contribution in [0.3, 0.4) is 0 Å². The monoisotopic (exact) mass is 341 g/mol. The van der Waals surface area contributed by atoms with Gasteiger partial charge in [-0.2, -0.15) is 0 Å². The van der Waals surface area contributed by atoms with Gasteiger partial charge in [-0.15, -0.1) is 0 Å². The first-order chi connectivity index (χ1) is 12.2. The van der Waals surface area contributed by atoms with E-state index in [1.807, 2.05) is 37.4 Å². The Morgan fingerprint density at radius 1 is 1.04 bits per heavy atom. The van der Waals surface area contributed by atoms with Crippen molar-refractivity contribution in [2.45, 2.75) is 13.0 Å². The number of nitrogens with zero attached hydrogens (tertiary/aromatic N) is 2. The van der Waals surface area contributed by atoms with Gasteiger partial charge in [0.25, 0.3) is 0 Å². The molecule has 0 heterocycles. The SMILES string of the molecule is CN=C(NCCc1ccccc1OC)N(C)Cc1ccc(OC)cc1. The molecule has 0 atom stereocenters. The lowest BCUT2D eigenvalue weighted by Gasteiger charge is -2.22. The molecule has 2 rings (SSSR count). The molecule has 5 heteroatoms. The third-order valence-electron chi connectivity index (χ3n) is 4.02. The Balaban J connectivity index is 1.88. The number of rotatable bonds is 7. The predicted octanol–water partition coefficient (Wildman–Crippen LogP) is 2.95. The summed E-state index contributed by atoms with van der Waals surface area (Å²) in [6.45, 7) is 1.57. The Morgan fingerprint density at radius 3 is 2.40 bits per heavy atom. The highest BCUT2D eigenvalue weighted by atomic mass is 16.5. The lowest BCUT2D eigenvalue weighted by Crippen LogP contribution is -2.39. The van der Waals surface area contributed by atoms with Crippen LogP contribution in [0.2, 0.25) is 0 Å². The molecule has 0 aliphatic carbocycles. The molecule has 1 N–H and O–H groups in total. The van der Waals surface area contributed by atoms with Gasteiger partial charge in [-0.1, -0.05) is 30.3 Å². The fourth-order valence-electron chi connectivity index (χ4n) is 2.68. The lowest BCUT2D eigenvalue weighted by atomic mass is 10.1. The van der Waals surface area contributed by atoms with Crippen molar-refractivity contribution in [2.24, 2.45) is 4.99 Å². The van der Waals surface area contributed by atoms with Crippen molar-refractivity contribution < 1.29 is 9.47 Å². The number of nitrogens with one attached hydrogen (secondary N) is 1. The highest BCUT2D eigenvalue weighted by molar-refractivity contribution is 5.79. The van der Waals surface area contributed by atoms with E-state index in [4.69, 9.17) is 9.47 Å². The highest BCUT2D eigenvalue weighted by Crippen LogP contribution is 2.17. The second kappa shape index (κ2) is 9.57. The van der Waals surface area contributed by atoms with E-state index in [0.29, 0.717) is 0 Å². The summed E-state index contributed by atoms with van der Waals surface area (Å²) in [5, 5.41) is 3.41. The zero-order valence-corrected chi connectivity index (χ0v) is 15.5. The van der Waals surface area contributed by atoms with Gasteiger partial charge in [-0.05, 0) is 35.7 Å². The summed E-state index contributed by atoms with van der Waals surface area (Å²) < 4.78 is 10.6. The topological polar surface area (TPSA) is 46.1 Å². The van der Waals surface area contributed by atoms with Gasteiger partial charge in [0.1, 0.15) is 11.5 Å². The third-order valence-corrected chi connectivity index (χ3v) is 4.02. The molecule has 0 saturated carbocycles. The van der Waals surface area contributed by atoms with Gasteiger partial charge in [0.05, 0.1) is 14.2 Å². The van der Waals surface area contributed by atoms with Crippen LogP contribution < -0.4 is 14.8 Å². The zero-order valence-electron chi connectivity index (χ0n) is 15.5. The number of hydrogen-bond donors (Lipinski definition) is 1. The van der Waals surface area contributed by atoms with Gasteiger partial charge in [-0.25, -0.2) is 0 Å². The second-order valence-corrected chi connectivity index (χ2v) is 5.74. The molecule has 2 aromatic rings. The summed E-state index contributed by atoms with van der Waals surface area (Å²) in [6, 6.07) is 16.2. The second-order valence-electron chi connectivity index (χ2n) is 5.74. The molecule has 0 saturated heterocycles. The third kappa shape index (κ3) is 5.41. The van der Waals surface area contributed by atoms with Crippen LogP contribution in [0.25, 0.3) is 0 Å². The molecule has 5 nitrogen and oxygen atoms in total. The molecule has 0 unspecified atom stereocenters. The highest BCUT2D eigenvalue weighted by Gasteiger charge is 2.07. The Hall–Kier alpha value is -2.69. The zero-order chi connectivity index (χ0) is 18.1.